The first kappa shape index (κ1) is 28.4. The summed E-state index contributed by atoms with van der Waals surface area (Å²) in [5.41, 5.74) is 7.75. The number of alkyl halides is 4. The molecule has 1 amide bonds. The van der Waals surface area contributed by atoms with Crippen molar-refractivity contribution in [3.05, 3.63) is 76.5 Å². The maximum Gasteiger partial charge on any atom is 0.396 e. The first-order valence-corrected chi connectivity index (χ1v) is 13.5. The van der Waals surface area contributed by atoms with E-state index in [1.165, 1.54) is 23.7 Å². The molecule has 2 aromatic heterocycles. The van der Waals surface area contributed by atoms with Crippen LogP contribution in [0.4, 0.5) is 27.8 Å². The van der Waals surface area contributed by atoms with Crippen molar-refractivity contribution in [3.8, 4) is 10.4 Å². The Bertz CT molecular complexity index is 1610. The number of fused-ring (bicyclic) bond motifs is 1. The van der Waals surface area contributed by atoms with E-state index in [0.717, 1.165) is 33.0 Å². The molecule has 1 aliphatic carbocycles. The van der Waals surface area contributed by atoms with Gasteiger partial charge in [-0.2, -0.15) is 13.2 Å². The Balaban J connectivity index is 1.33. The molecule has 7 nitrogen and oxygen atoms in total. The number of nitrogens with two attached hydrogens (primary N) is 1. The zero-order chi connectivity index (χ0) is 29.3. The minimum absolute atomic E-state index is 0.0175. The first-order chi connectivity index (χ1) is 19.5. The van der Waals surface area contributed by atoms with Crippen molar-refractivity contribution >= 4 is 40.2 Å². The molecule has 2 aliphatic rings. The Morgan fingerprint density at radius 2 is 2.02 bits per heavy atom. The van der Waals surface area contributed by atoms with E-state index in [0.29, 0.717) is 16.9 Å². The van der Waals surface area contributed by atoms with Gasteiger partial charge < -0.3 is 16.4 Å². The van der Waals surface area contributed by atoms with Gasteiger partial charge in [-0.05, 0) is 54.8 Å². The van der Waals surface area contributed by atoms with E-state index in [-0.39, 0.29) is 24.4 Å². The van der Waals surface area contributed by atoms with Crippen molar-refractivity contribution in [1.29, 1.82) is 0 Å². The van der Waals surface area contributed by atoms with Crippen LogP contribution >= 0.6 is 11.3 Å². The average molecular weight is 589 g/mol. The molecule has 0 saturated carbocycles. The maximum absolute atomic E-state index is 13.7. The molecule has 3 aromatic rings. The second kappa shape index (κ2) is 11.4. The van der Waals surface area contributed by atoms with E-state index in [1.807, 2.05) is 30.3 Å². The number of nitrogens with one attached hydrogen (secondary N) is 2. The van der Waals surface area contributed by atoms with Gasteiger partial charge in [-0.15, -0.1) is 11.3 Å². The van der Waals surface area contributed by atoms with Crippen LogP contribution in [0.3, 0.4) is 0 Å². The minimum Gasteiger partial charge on any atom is -0.383 e. The zero-order valence-corrected chi connectivity index (χ0v) is 22.5. The van der Waals surface area contributed by atoms with E-state index in [9.17, 15) is 26.7 Å². The Kier molecular flexibility index (Phi) is 7.89. The Hall–Kier alpha value is -4.13. The van der Waals surface area contributed by atoms with Gasteiger partial charge in [0, 0.05) is 27.8 Å². The summed E-state index contributed by atoms with van der Waals surface area (Å²) >= 11 is 1.45. The molecule has 214 valence electrons. The van der Waals surface area contributed by atoms with Crippen molar-refractivity contribution in [1.82, 2.24) is 20.6 Å². The average Bonchev–Trinajstić information content (AvgIpc) is 3.42. The summed E-state index contributed by atoms with van der Waals surface area (Å²) in [5.74, 6) is -3.28. The fraction of sp³-hybridized carbons (Fsp3) is 0.286. The van der Waals surface area contributed by atoms with Crippen LogP contribution in [0, 0.1) is 5.92 Å². The number of aliphatic imine (C=N–C) groups is 1. The number of benzene rings is 1. The number of allylic oxidation sites excluding steroid dienone is 2. The number of hydrogen-bond acceptors (Lipinski definition) is 7. The Morgan fingerprint density at radius 3 is 2.78 bits per heavy atom. The van der Waals surface area contributed by atoms with Gasteiger partial charge in [-0.25, -0.2) is 23.7 Å². The number of carbonyl (C=O) groups is 1. The number of nitrogen functional groups attached to an aromatic ring is 1. The van der Waals surface area contributed by atoms with E-state index in [4.69, 9.17) is 5.73 Å². The maximum atomic E-state index is 13.7. The number of hydrogen-bond donors (Lipinski definition) is 3. The lowest BCUT2D eigenvalue weighted by Gasteiger charge is -2.25. The quantitative estimate of drug-likeness (QED) is 0.297. The molecule has 1 aliphatic heterocycles. The van der Waals surface area contributed by atoms with Gasteiger partial charge in [-0.3, -0.25) is 4.79 Å². The van der Waals surface area contributed by atoms with Gasteiger partial charge in [0.25, 0.3) is 5.91 Å². The van der Waals surface area contributed by atoms with Gasteiger partial charge in [-0.1, -0.05) is 12.1 Å². The Labute approximate surface area is 235 Å². The van der Waals surface area contributed by atoms with Crippen LogP contribution in [0.25, 0.3) is 21.3 Å². The number of nitrogens with zero attached hydrogens (tertiary/aromatic N) is 3. The lowest BCUT2D eigenvalue weighted by atomic mass is 9.95. The summed E-state index contributed by atoms with van der Waals surface area (Å²) in [6.07, 6.45) is -2.50. The fourth-order valence-corrected chi connectivity index (χ4v) is 5.47. The highest BCUT2D eigenvalue weighted by Gasteiger charge is 2.42. The largest absolute Gasteiger partial charge is 0.396 e. The summed E-state index contributed by atoms with van der Waals surface area (Å²) in [4.78, 5) is 27.1. The number of aromatic nitrogens is 2. The predicted molar refractivity (Wildman–Crippen MR) is 148 cm³/mol. The SMILES string of the molecule is CC(NC(=O)C1=C(NCc2ccc(-c3ccc4ncnc(N)c4c3)s2)N=CC(C(F)(F)F)C1)C1=CCC(F)C(F)=C1. The second-order valence-corrected chi connectivity index (χ2v) is 10.9. The number of thiophene rings is 1. The highest BCUT2D eigenvalue weighted by Crippen LogP contribution is 2.35. The van der Waals surface area contributed by atoms with Crippen LogP contribution in [0.2, 0.25) is 0 Å². The van der Waals surface area contributed by atoms with Gasteiger partial charge in [0.2, 0.25) is 0 Å². The molecule has 0 fully saturated rings. The van der Waals surface area contributed by atoms with Crippen LogP contribution in [0.15, 0.2) is 76.6 Å². The molecule has 3 unspecified atom stereocenters. The molecule has 5 rings (SSSR count). The molecule has 13 heteroatoms. The molecule has 3 atom stereocenters. The van der Waals surface area contributed by atoms with Gasteiger partial charge in [0.1, 0.15) is 23.8 Å². The molecule has 0 radical (unpaired) electrons. The molecule has 4 N–H and O–H groups in total. The summed E-state index contributed by atoms with van der Waals surface area (Å²) < 4.78 is 67.7. The number of anilines is 1. The number of carbonyl (C=O) groups excluding carboxylic acids is 1. The van der Waals surface area contributed by atoms with Crippen molar-refractivity contribution < 1.29 is 26.7 Å². The highest BCUT2D eigenvalue weighted by molar-refractivity contribution is 7.15. The lowest BCUT2D eigenvalue weighted by Crippen LogP contribution is -2.39. The van der Waals surface area contributed by atoms with Crippen molar-refractivity contribution in [3.63, 3.8) is 0 Å². The topological polar surface area (TPSA) is 105 Å². The van der Waals surface area contributed by atoms with E-state index in [1.54, 1.807) is 6.92 Å². The van der Waals surface area contributed by atoms with Gasteiger partial charge in [0.05, 0.1) is 29.6 Å². The van der Waals surface area contributed by atoms with Crippen LogP contribution in [0.1, 0.15) is 24.6 Å². The third-order valence-corrected chi connectivity index (χ3v) is 7.98. The second-order valence-electron chi connectivity index (χ2n) is 9.70. The number of halogens is 5. The standard InChI is InChI=1S/C28H25F5N6OS/c1-14(15-2-5-21(29)22(30)9-15)39-27(40)20-10-17(28(31,32)33)11-35-26(20)36-12-18-4-7-24(41-18)16-3-6-23-19(8-16)25(34)38-13-37-23/h2-4,6-9,11,13-14,17,21,36H,5,10,12H2,1H3,(H,39,40)(H2,34,37,38). The normalized spacial score (nSPS) is 20.0. The van der Waals surface area contributed by atoms with E-state index in [2.05, 4.69) is 25.6 Å². The molecule has 0 bridgehead atoms. The number of rotatable bonds is 7. The highest BCUT2D eigenvalue weighted by atomic mass is 32.1. The van der Waals surface area contributed by atoms with Gasteiger partial charge in [0.15, 0.2) is 6.17 Å². The summed E-state index contributed by atoms with van der Waals surface area (Å²) in [7, 11) is 0. The molecule has 3 heterocycles. The smallest absolute Gasteiger partial charge is 0.383 e. The van der Waals surface area contributed by atoms with Crippen molar-refractivity contribution in [2.24, 2.45) is 10.9 Å². The van der Waals surface area contributed by atoms with Crippen LogP contribution in [0.5, 0.6) is 0 Å². The summed E-state index contributed by atoms with van der Waals surface area (Å²) in [5, 5.41) is 6.32. The summed E-state index contributed by atoms with van der Waals surface area (Å²) in [6, 6.07) is 8.65. The van der Waals surface area contributed by atoms with Crippen LogP contribution in [-0.2, 0) is 11.3 Å². The predicted octanol–water partition coefficient (Wildman–Crippen LogP) is 5.92. The third-order valence-electron chi connectivity index (χ3n) is 6.84. The molecule has 41 heavy (non-hydrogen) atoms. The van der Waals surface area contributed by atoms with E-state index < -0.39 is 42.5 Å². The molecule has 0 spiro atoms. The van der Waals surface area contributed by atoms with Crippen LogP contribution in [-0.4, -0.2) is 40.5 Å². The van der Waals surface area contributed by atoms with Crippen molar-refractivity contribution in [2.45, 2.75) is 44.7 Å². The first-order valence-electron chi connectivity index (χ1n) is 12.7. The van der Waals surface area contributed by atoms with Crippen molar-refractivity contribution in [2.75, 3.05) is 5.73 Å². The lowest BCUT2D eigenvalue weighted by molar-refractivity contribution is -0.154. The zero-order valence-electron chi connectivity index (χ0n) is 21.7. The van der Waals surface area contributed by atoms with E-state index >= 15 is 0 Å². The minimum atomic E-state index is -4.59. The third kappa shape index (κ3) is 6.29. The molecule has 0 saturated heterocycles. The van der Waals surface area contributed by atoms with Gasteiger partial charge >= 0.3 is 6.18 Å². The Morgan fingerprint density at radius 1 is 1.22 bits per heavy atom. The molecular weight excluding hydrogens is 563 g/mol. The summed E-state index contributed by atoms with van der Waals surface area (Å²) in [6.45, 7) is 1.75. The monoisotopic (exact) mass is 588 g/mol. The van der Waals surface area contributed by atoms with Crippen LogP contribution < -0.4 is 16.4 Å². The fourth-order valence-electron chi connectivity index (χ4n) is 4.52. The number of amides is 1. The molecule has 1 aromatic carbocycles. The molecular formula is C28H25F5N6OS.